The number of aromatic nitrogens is 3. The lowest BCUT2D eigenvalue weighted by atomic mass is 9.96. The molecule has 3 aromatic rings. The highest BCUT2D eigenvalue weighted by Crippen LogP contribution is 2.27. The lowest BCUT2D eigenvalue weighted by Gasteiger charge is -2.24. The van der Waals surface area contributed by atoms with Gasteiger partial charge in [-0.15, -0.1) is 11.3 Å². The Bertz CT molecular complexity index is 1160. The fourth-order valence-electron chi connectivity index (χ4n) is 4.00. The lowest BCUT2D eigenvalue weighted by molar-refractivity contribution is -0.170. The maximum atomic E-state index is 10.3. The summed E-state index contributed by atoms with van der Waals surface area (Å²) in [6.45, 7) is 3.45. The predicted octanol–water partition coefficient (Wildman–Crippen LogP) is 2.47. The van der Waals surface area contributed by atoms with E-state index >= 15 is 0 Å². The summed E-state index contributed by atoms with van der Waals surface area (Å²) in [5, 5.41) is 43.3. The number of pyridine rings is 1. The van der Waals surface area contributed by atoms with Gasteiger partial charge in [0.05, 0.1) is 41.4 Å². The molecule has 0 aromatic carbocycles. The van der Waals surface area contributed by atoms with Crippen molar-refractivity contribution in [3.63, 3.8) is 0 Å². The van der Waals surface area contributed by atoms with Crippen molar-refractivity contribution in [1.29, 1.82) is 0 Å². The number of aliphatic carboxylic acids is 3. The molecule has 13 heteroatoms. The number of ether oxygens (including phenoxy) is 1. The molecule has 0 saturated carbocycles. The molecular formula is C25H30N4O8S. The molecule has 12 nitrogen and oxygen atoms in total. The largest absolute Gasteiger partial charge is 0.481 e. The maximum Gasteiger partial charge on any atom is 0.336 e. The molecule has 0 amide bonds. The standard InChI is InChI=1S/C19H22N4OS.C6H8O7/c1-2-8-20-16(5-1)13-23(14-17-6-3-9-24-17)12-15-11-21-22-19(15)18-7-4-10-25-18;7-3(8)1-6(13,5(11)12)2-4(9)10/h1-2,4-5,7-8,10-11,17H,3,6,9,12-14H2,(H,21,22);13H,1-2H2,(H,7,8)(H,9,10)(H,11,12). The van der Waals surface area contributed by atoms with E-state index in [1.807, 2.05) is 24.5 Å². The predicted molar refractivity (Wildman–Crippen MR) is 136 cm³/mol. The van der Waals surface area contributed by atoms with E-state index in [1.165, 1.54) is 10.4 Å². The van der Waals surface area contributed by atoms with Crippen LogP contribution in [-0.4, -0.2) is 83.3 Å². The first-order chi connectivity index (χ1) is 18.2. The van der Waals surface area contributed by atoms with Crippen LogP contribution >= 0.6 is 11.3 Å². The van der Waals surface area contributed by atoms with Gasteiger partial charge in [0.1, 0.15) is 0 Å². The highest BCUT2D eigenvalue weighted by molar-refractivity contribution is 7.13. The second kappa shape index (κ2) is 13.8. The van der Waals surface area contributed by atoms with Gasteiger partial charge in [-0.25, -0.2) is 4.79 Å². The van der Waals surface area contributed by atoms with Crippen molar-refractivity contribution in [3.05, 3.63) is 59.4 Å². The van der Waals surface area contributed by atoms with Crippen molar-refractivity contribution in [2.24, 2.45) is 0 Å². The SMILES string of the molecule is O=C(O)CC(O)(CC(=O)O)C(=O)O.c1ccc(CN(Cc2cn[nH]c2-c2cccs2)CC2CCCO2)nc1. The lowest BCUT2D eigenvalue weighted by Crippen LogP contribution is -2.42. The number of H-pyrrole nitrogens is 1. The molecular weight excluding hydrogens is 516 g/mol. The van der Waals surface area contributed by atoms with Gasteiger partial charge in [-0.3, -0.25) is 24.6 Å². The van der Waals surface area contributed by atoms with E-state index in [0.717, 1.165) is 50.5 Å². The van der Waals surface area contributed by atoms with Gasteiger partial charge < -0.3 is 25.2 Å². The van der Waals surface area contributed by atoms with Gasteiger partial charge in [0.15, 0.2) is 5.60 Å². The third-order valence-corrected chi connectivity index (χ3v) is 6.65. The molecule has 4 heterocycles. The number of rotatable bonds is 12. The number of aliphatic hydroxyl groups is 1. The molecule has 1 unspecified atom stereocenters. The zero-order valence-corrected chi connectivity index (χ0v) is 21.3. The van der Waals surface area contributed by atoms with Crippen molar-refractivity contribution in [2.45, 2.75) is 50.5 Å². The Hall–Kier alpha value is -3.65. The molecule has 204 valence electrons. The summed E-state index contributed by atoms with van der Waals surface area (Å²) >= 11 is 1.73. The third kappa shape index (κ3) is 8.73. The minimum atomic E-state index is -2.74. The zero-order chi connectivity index (χ0) is 27.5. The average molecular weight is 547 g/mol. The first kappa shape index (κ1) is 28.9. The van der Waals surface area contributed by atoms with Crippen LogP contribution in [0.4, 0.5) is 0 Å². The Kier molecular flexibility index (Phi) is 10.5. The van der Waals surface area contributed by atoms with Crippen molar-refractivity contribution in [3.8, 4) is 10.6 Å². The highest BCUT2D eigenvalue weighted by Gasteiger charge is 2.40. The number of aromatic amines is 1. The van der Waals surface area contributed by atoms with Crippen molar-refractivity contribution in [1.82, 2.24) is 20.1 Å². The second-order valence-electron chi connectivity index (χ2n) is 8.85. The molecule has 1 aliphatic rings. The number of nitrogens with one attached hydrogen (secondary N) is 1. The van der Waals surface area contributed by atoms with Gasteiger partial charge in [-0.05, 0) is 36.4 Å². The minimum absolute atomic E-state index is 0.320. The third-order valence-electron chi connectivity index (χ3n) is 5.76. The van der Waals surface area contributed by atoms with Crippen LogP contribution in [0.15, 0.2) is 48.1 Å². The van der Waals surface area contributed by atoms with Crippen molar-refractivity contribution >= 4 is 29.2 Å². The first-order valence-electron chi connectivity index (χ1n) is 11.9. The smallest absolute Gasteiger partial charge is 0.336 e. The fraction of sp³-hybridized carbons (Fsp3) is 0.400. The van der Waals surface area contributed by atoms with Gasteiger partial charge in [0.2, 0.25) is 0 Å². The number of carboxylic acid groups (broad SMARTS) is 3. The van der Waals surface area contributed by atoms with Crippen LogP contribution in [0.25, 0.3) is 10.6 Å². The summed E-state index contributed by atoms with van der Waals surface area (Å²) in [7, 11) is 0. The molecule has 1 atom stereocenters. The average Bonchev–Trinajstić information content (AvgIpc) is 3.62. The van der Waals surface area contributed by atoms with E-state index in [0.29, 0.717) is 6.10 Å². The number of thiophene rings is 1. The monoisotopic (exact) mass is 546 g/mol. The molecule has 0 bridgehead atoms. The number of carbonyl (C=O) groups is 3. The van der Waals surface area contributed by atoms with Gasteiger partial charge in [-0.1, -0.05) is 12.1 Å². The molecule has 1 fully saturated rings. The van der Waals surface area contributed by atoms with E-state index in [-0.39, 0.29) is 0 Å². The van der Waals surface area contributed by atoms with Gasteiger partial charge in [0.25, 0.3) is 0 Å². The van der Waals surface area contributed by atoms with E-state index in [2.05, 4.69) is 43.7 Å². The molecule has 4 rings (SSSR count). The van der Waals surface area contributed by atoms with Gasteiger partial charge >= 0.3 is 17.9 Å². The Balaban J connectivity index is 0.000000263. The molecule has 5 N–H and O–H groups in total. The highest BCUT2D eigenvalue weighted by atomic mass is 32.1. The summed E-state index contributed by atoms with van der Waals surface area (Å²) < 4.78 is 5.86. The van der Waals surface area contributed by atoms with E-state index in [1.54, 1.807) is 11.3 Å². The van der Waals surface area contributed by atoms with Gasteiger partial charge in [-0.2, -0.15) is 5.10 Å². The molecule has 38 heavy (non-hydrogen) atoms. The Morgan fingerprint density at radius 1 is 1.11 bits per heavy atom. The van der Waals surface area contributed by atoms with Crippen LogP contribution in [0.2, 0.25) is 0 Å². The summed E-state index contributed by atoms with van der Waals surface area (Å²) in [6, 6.07) is 10.3. The summed E-state index contributed by atoms with van der Waals surface area (Å²) in [5.74, 6) is -5.02. The Labute approximate surface area is 222 Å². The maximum absolute atomic E-state index is 10.3. The number of carboxylic acids is 3. The van der Waals surface area contributed by atoms with Crippen LogP contribution in [0.3, 0.4) is 0 Å². The van der Waals surface area contributed by atoms with Gasteiger partial charge in [0, 0.05) is 38.0 Å². The van der Waals surface area contributed by atoms with Crippen molar-refractivity contribution in [2.75, 3.05) is 13.2 Å². The van der Waals surface area contributed by atoms with Crippen LogP contribution in [0.1, 0.15) is 36.9 Å². The molecule has 0 spiro atoms. The Morgan fingerprint density at radius 3 is 2.42 bits per heavy atom. The summed E-state index contributed by atoms with van der Waals surface area (Å²) in [5.41, 5.74) is 0.684. The van der Waals surface area contributed by atoms with Crippen LogP contribution in [0, 0.1) is 0 Å². The minimum Gasteiger partial charge on any atom is -0.481 e. The van der Waals surface area contributed by atoms with Crippen LogP contribution in [-0.2, 0) is 32.2 Å². The van der Waals surface area contributed by atoms with Crippen LogP contribution in [0.5, 0.6) is 0 Å². The molecule has 3 aromatic heterocycles. The van der Waals surface area contributed by atoms with Crippen molar-refractivity contribution < 1.29 is 39.5 Å². The molecule has 1 saturated heterocycles. The molecule has 0 aliphatic carbocycles. The normalized spacial score (nSPS) is 15.2. The second-order valence-corrected chi connectivity index (χ2v) is 9.80. The fourth-order valence-corrected chi connectivity index (χ4v) is 4.76. The van der Waals surface area contributed by atoms with Crippen LogP contribution < -0.4 is 0 Å². The number of nitrogens with zero attached hydrogens (tertiary/aromatic N) is 3. The van der Waals surface area contributed by atoms with E-state index in [4.69, 9.17) is 25.2 Å². The summed E-state index contributed by atoms with van der Waals surface area (Å²) in [4.78, 5) is 38.6. The summed E-state index contributed by atoms with van der Waals surface area (Å²) in [6.07, 6.45) is 4.13. The topological polar surface area (TPSA) is 186 Å². The first-order valence-corrected chi connectivity index (χ1v) is 12.7. The molecule has 0 radical (unpaired) electrons. The molecule has 1 aliphatic heterocycles. The number of hydrogen-bond acceptors (Lipinski definition) is 9. The Morgan fingerprint density at radius 2 is 1.87 bits per heavy atom. The quantitative estimate of drug-likeness (QED) is 0.225. The van der Waals surface area contributed by atoms with E-state index in [9.17, 15) is 14.4 Å². The number of hydrogen-bond donors (Lipinski definition) is 5. The van der Waals surface area contributed by atoms with E-state index < -0.39 is 36.4 Å². The zero-order valence-electron chi connectivity index (χ0n) is 20.5.